The highest BCUT2D eigenvalue weighted by molar-refractivity contribution is 7.90. The normalized spacial score (nSPS) is 27.1. The molecule has 0 bridgehead atoms. The van der Waals surface area contributed by atoms with E-state index in [9.17, 15) is 8.42 Å². The molecule has 1 atom stereocenters. The van der Waals surface area contributed by atoms with Crippen LogP contribution in [-0.2, 0) is 14.6 Å². The van der Waals surface area contributed by atoms with E-state index < -0.39 is 9.84 Å². The van der Waals surface area contributed by atoms with Crippen LogP contribution in [0.3, 0.4) is 0 Å². The second-order valence-electron chi connectivity index (χ2n) is 5.86. The summed E-state index contributed by atoms with van der Waals surface area (Å²) < 4.78 is 28.1. The van der Waals surface area contributed by atoms with Gasteiger partial charge in [0, 0.05) is 12.8 Å². The predicted molar refractivity (Wildman–Crippen MR) is 72.5 cm³/mol. The van der Waals surface area contributed by atoms with Gasteiger partial charge in [-0.3, -0.25) is 0 Å². The first kappa shape index (κ1) is 14.3. The zero-order valence-electron chi connectivity index (χ0n) is 11.3. The van der Waals surface area contributed by atoms with Crippen LogP contribution in [0, 0.1) is 0 Å². The molecule has 1 saturated carbocycles. The highest BCUT2D eigenvalue weighted by Crippen LogP contribution is 2.43. The number of hydrogen-bond acceptors (Lipinski definition) is 4. The Morgan fingerprint density at radius 1 is 1.28 bits per heavy atom. The summed E-state index contributed by atoms with van der Waals surface area (Å²) in [7, 11) is -2.81. The van der Waals surface area contributed by atoms with E-state index in [0.29, 0.717) is 12.5 Å². The molecule has 1 saturated heterocycles. The third-order valence-corrected chi connectivity index (χ3v) is 5.12. The molecule has 0 amide bonds. The summed E-state index contributed by atoms with van der Waals surface area (Å²) >= 11 is 0. The Labute approximate surface area is 110 Å². The van der Waals surface area contributed by atoms with Crippen LogP contribution in [0.2, 0.25) is 0 Å². The van der Waals surface area contributed by atoms with Crippen LogP contribution in [0.5, 0.6) is 0 Å². The summed E-state index contributed by atoms with van der Waals surface area (Å²) in [6.07, 6.45) is 9.77. The Kier molecular flexibility index (Phi) is 4.67. The first-order valence-corrected chi connectivity index (χ1v) is 9.11. The fourth-order valence-electron chi connectivity index (χ4n) is 3.15. The molecule has 1 spiro atoms. The van der Waals surface area contributed by atoms with Crippen LogP contribution in [0.4, 0.5) is 0 Å². The predicted octanol–water partition coefficient (Wildman–Crippen LogP) is 1.50. The number of ether oxygens (including phenoxy) is 1. The number of nitrogens with one attached hydrogen (secondary N) is 1. The molecule has 0 aromatic rings. The summed E-state index contributed by atoms with van der Waals surface area (Å²) in [5, 5.41) is 3.32. The summed E-state index contributed by atoms with van der Waals surface area (Å²) in [4.78, 5) is 0. The van der Waals surface area contributed by atoms with Gasteiger partial charge in [-0.1, -0.05) is 12.8 Å². The fourth-order valence-corrected chi connectivity index (χ4v) is 3.82. The van der Waals surface area contributed by atoms with Gasteiger partial charge in [0.15, 0.2) is 0 Å². The molecular formula is C13H25NO3S. The van der Waals surface area contributed by atoms with Crippen LogP contribution in [0.25, 0.3) is 0 Å². The van der Waals surface area contributed by atoms with Gasteiger partial charge in [-0.25, -0.2) is 8.42 Å². The molecule has 18 heavy (non-hydrogen) atoms. The largest absolute Gasteiger partial charge is 0.370 e. The van der Waals surface area contributed by atoms with E-state index in [4.69, 9.17) is 4.74 Å². The van der Waals surface area contributed by atoms with Gasteiger partial charge in [-0.15, -0.1) is 0 Å². The quantitative estimate of drug-likeness (QED) is 0.746. The third-order valence-electron chi connectivity index (χ3n) is 4.09. The molecule has 1 N–H and O–H groups in total. The summed E-state index contributed by atoms with van der Waals surface area (Å²) in [5.41, 5.74) is 0.207. The van der Waals surface area contributed by atoms with Gasteiger partial charge in [0.05, 0.1) is 17.5 Å². The maximum atomic E-state index is 11.0. The Morgan fingerprint density at radius 2 is 2.00 bits per heavy atom. The van der Waals surface area contributed by atoms with Gasteiger partial charge in [-0.2, -0.15) is 0 Å². The molecule has 2 rings (SSSR count). The maximum absolute atomic E-state index is 11.0. The SMILES string of the molecule is CS(=O)(=O)CCCNCC1CCC2(CCCC2)O1. The number of rotatable bonds is 6. The molecule has 5 heteroatoms. The van der Waals surface area contributed by atoms with Crippen molar-refractivity contribution in [3.63, 3.8) is 0 Å². The van der Waals surface area contributed by atoms with Crippen molar-refractivity contribution < 1.29 is 13.2 Å². The van der Waals surface area contributed by atoms with Crippen molar-refractivity contribution in [2.24, 2.45) is 0 Å². The van der Waals surface area contributed by atoms with E-state index in [1.807, 2.05) is 0 Å². The molecule has 2 aliphatic rings. The minimum absolute atomic E-state index is 0.207. The lowest BCUT2D eigenvalue weighted by Crippen LogP contribution is -2.31. The van der Waals surface area contributed by atoms with Gasteiger partial charge in [0.1, 0.15) is 9.84 Å². The molecule has 0 aromatic carbocycles. The fraction of sp³-hybridized carbons (Fsp3) is 1.00. The smallest absolute Gasteiger partial charge is 0.147 e. The minimum Gasteiger partial charge on any atom is -0.370 e. The van der Waals surface area contributed by atoms with Crippen LogP contribution >= 0.6 is 0 Å². The molecule has 106 valence electrons. The van der Waals surface area contributed by atoms with Gasteiger partial charge in [-0.05, 0) is 38.6 Å². The number of hydrogen-bond donors (Lipinski definition) is 1. The van der Waals surface area contributed by atoms with Crippen molar-refractivity contribution in [3.05, 3.63) is 0 Å². The van der Waals surface area contributed by atoms with Gasteiger partial charge >= 0.3 is 0 Å². The molecule has 1 aliphatic carbocycles. The van der Waals surface area contributed by atoms with Gasteiger partial charge in [0.25, 0.3) is 0 Å². The molecule has 1 unspecified atom stereocenters. The molecule has 0 aromatic heterocycles. The van der Waals surface area contributed by atoms with Crippen LogP contribution in [-0.4, -0.2) is 45.2 Å². The van der Waals surface area contributed by atoms with Crippen molar-refractivity contribution in [1.82, 2.24) is 5.32 Å². The van der Waals surface area contributed by atoms with E-state index in [1.165, 1.54) is 38.4 Å². The van der Waals surface area contributed by atoms with Gasteiger partial charge in [0.2, 0.25) is 0 Å². The van der Waals surface area contributed by atoms with Crippen molar-refractivity contribution in [3.8, 4) is 0 Å². The van der Waals surface area contributed by atoms with Crippen LogP contribution < -0.4 is 5.32 Å². The second kappa shape index (κ2) is 5.88. The van der Waals surface area contributed by atoms with Crippen LogP contribution in [0.1, 0.15) is 44.9 Å². The monoisotopic (exact) mass is 275 g/mol. The molecule has 2 fully saturated rings. The highest BCUT2D eigenvalue weighted by atomic mass is 32.2. The second-order valence-corrected chi connectivity index (χ2v) is 8.12. The summed E-state index contributed by atoms with van der Waals surface area (Å²) in [5.74, 6) is 0.273. The van der Waals surface area contributed by atoms with Crippen molar-refractivity contribution in [2.45, 2.75) is 56.7 Å². The Hall–Kier alpha value is -0.130. The van der Waals surface area contributed by atoms with Crippen molar-refractivity contribution in [2.75, 3.05) is 25.1 Å². The molecule has 1 aliphatic heterocycles. The molecule has 1 heterocycles. The van der Waals surface area contributed by atoms with E-state index in [1.54, 1.807) is 0 Å². The lowest BCUT2D eigenvalue weighted by Gasteiger charge is -2.23. The topological polar surface area (TPSA) is 55.4 Å². The van der Waals surface area contributed by atoms with Crippen LogP contribution in [0.15, 0.2) is 0 Å². The zero-order chi connectivity index (χ0) is 13.1. The standard InChI is InChI=1S/C13H25NO3S/c1-18(15,16)10-4-9-14-11-12-5-8-13(17-12)6-2-3-7-13/h12,14H,2-11H2,1H3. The lowest BCUT2D eigenvalue weighted by molar-refractivity contribution is -0.0350. The number of sulfone groups is 1. The van der Waals surface area contributed by atoms with Gasteiger partial charge < -0.3 is 10.1 Å². The molecule has 0 radical (unpaired) electrons. The zero-order valence-corrected chi connectivity index (χ0v) is 12.1. The summed E-state index contributed by atoms with van der Waals surface area (Å²) in [6.45, 7) is 1.63. The third kappa shape index (κ3) is 4.21. The average molecular weight is 275 g/mol. The van der Waals surface area contributed by atoms with E-state index in [2.05, 4.69) is 5.32 Å². The van der Waals surface area contributed by atoms with Crippen molar-refractivity contribution in [1.29, 1.82) is 0 Å². The maximum Gasteiger partial charge on any atom is 0.147 e. The van der Waals surface area contributed by atoms with Crippen molar-refractivity contribution >= 4 is 9.84 Å². The lowest BCUT2D eigenvalue weighted by atomic mass is 9.98. The average Bonchev–Trinajstić information content (AvgIpc) is 2.88. The Bertz CT molecular complexity index is 360. The summed E-state index contributed by atoms with van der Waals surface area (Å²) in [6, 6.07) is 0. The Balaban J connectivity index is 1.58. The van der Waals surface area contributed by atoms with E-state index in [0.717, 1.165) is 19.5 Å². The highest BCUT2D eigenvalue weighted by Gasteiger charge is 2.41. The minimum atomic E-state index is -2.81. The first-order chi connectivity index (χ1) is 8.49. The molecular weight excluding hydrogens is 250 g/mol. The Morgan fingerprint density at radius 3 is 2.67 bits per heavy atom. The van der Waals surface area contributed by atoms with E-state index in [-0.39, 0.29) is 11.4 Å². The van der Waals surface area contributed by atoms with E-state index >= 15 is 0 Å². The first-order valence-electron chi connectivity index (χ1n) is 7.05. The molecule has 4 nitrogen and oxygen atoms in total.